The lowest BCUT2D eigenvalue weighted by molar-refractivity contribution is -0.147. The molecule has 2 rings (SSSR count). The number of amides is 2. The van der Waals surface area contributed by atoms with Crippen molar-refractivity contribution in [3.8, 4) is 0 Å². The van der Waals surface area contributed by atoms with Gasteiger partial charge in [0.25, 0.3) is 0 Å². The van der Waals surface area contributed by atoms with Gasteiger partial charge in [0.2, 0.25) is 11.8 Å². The van der Waals surface area contributed by atoms with E-state index in [-0.39, 0.29) is 24.1 Å². The maximum Gasteiger partial charge on any atom is 0.229 e. The molecule has 1 aliphatic heterocycles. The van der Waals surface area contributed by atoms with Gasteiger partial charge in [0, 0.05) is 23.3 Å². The van der Waals surface area contributed by atoms with E-state index in [1.54, 1.807) is 23.9 Å². The van der Waals surface area contributed by atoms with Crippen LogP contribution in [-0.2, 0) is 9.59 Å². The van der Waals surface area contributed by atoms with Gasteiger partial charge in [-0.2, -0.15) is 0 Å². The van der Waals surface area contributed by atoms with Crippen LogP contribution in [0.25, 0.3) is 0 Å². The average molecular weight is 277 g/mol. The van der Waals surface area contributed by atoms with Crippen LogP contribution in [0.4, 0.5) is 0 Å². The minimum absolute atomic E-state index is 0.143. The van der Waals surface area contributed by atoms with Gasteiger partial charge in [0.15, 0.2) is 5.78 Å². The molecule has 0 aromatic heterocycles. The monoisotopic (exact) mass is 277 g/mol. The van der Waals surface area contributed by atoms with E-state index in [0.717, 1.165) is 9.80 Å². The maximum atomic E-state index is 12.1. The molecule has 1 heterocycles. The zero-order chi connectivity index (χ0) is 13.8. The fourth-order valence-electron chi connectivity index (χ4n) is 1.99. The topological polar surface area (TPSA) is 54.5 Å². The van der Waals surface area contributed by atoms with E-state index in [1.807, 2.05) is 18.4 Å². The van der Waals surface area contributed by atoms with Crippen molar-refractivity contribution in [3.63, 3.8) is 0 Å². The second-order valence-corrected chi connectivity index (χ2v) is 5.26. The largest absolute Gasteiger partial charge is 0.292 e. The summed E-state index contributed by atoms with van der Waals surface area (Å²) in [7, 11) is 0. The number of hydrogen-bond donors (Lipinski definition) is 0. The Hall–Kier alpha value is -1.62. The van der Waals surface area contributed by atoms with Crippen molar-refractivity contribution in [1.82, 2.24) is 4.90 Å². The molecule has 4 nitrogen and oxygen atoms in total. The van der Waals surface area contributed by atoms with Gasteiger partial charge in [0.05, 0.1) is 6.54 Å². The molecule has 5 heteroatoms. The van der Waals surface area contributed by atoms with Crippen molar-refractivity contribution in [2.24, 2.45) is 0 Å². The molecule has 19 heavy (non-hydrogen) atoms. The normalized spacial score (nSPS) is 15.7. The van der Waals surface area contributed by atoms with Crippen LogP contribution in [0.3, 0.4) is 0 Å². The number of nitrogens with zero attached hydrogens (tertiary/aromatic N) is 1. The molecular formula is C14H15NO3S. The minimum atomic E-state index is -0.245. The highest BCUT2D eigenvalue weighted by molar-refractivity contribution is 7.98. The second kappa shape index (κ2) is 6.02. The number of piperidine rings is 1. The number of carbonyl (C=O) groups excluding carboxylic acids is 3. The van der Waals surface area contributed by atoms with Gasteiger partial charge in [-0.25, -0.2) is 0 Å². The standard InChI is InChI=1S/C14H15NO3S/c1-19-11-7-5-10(6-8-11)12(16)9-15-13(17)3-2-4-14(15)18/h5-8H,2-4,9H2,1H3. The summed E-state index contributed by atoms with van der Waals surface area (Å²) in [6, 6.07) is 7.18. The zero-order valence-corrected chi connectivity index (χ0v) is 11.5. The fraction of sp³-hybridized carbons (Fsp3) is 0.357. The number of benzene rings is 1. The summed E-state index contributed by atoms with van der Waals surface area (Å²) in [6.07, 6.45) is 3.25. The summed E-state index contributed by atoms with van der Waals surface area (Å²) in [6.45, 7) is -0.143. The predicted molar refractivity (Wildman–Crippen MR) is 73.1 cm³/mol. The molecule has 100 valence electrons. The van der Waals surface area contributed by atoms with Gasteiger partial charge in [-0.3, -0.25) is 19.3 Å². The Morgan fingerprint density at radius 2 is 1.74 bits per heavy atom. The number of imide groups is 1. The molecule has 0 saturated carbocycles. The van der Waals surface area contributed by atoms with Crippen molar-refractivity contribution in [3.05, 3.63) is 29.8 Å². The van der Waals surface area contributed by atoms with E-state index in [0.29, 0.717) is 24.8 Å². The average Bonchev–Trinajstić information content (AvgIpc) is 2.43. The van der Waals surface area contributed by atoms with Crippen molar-refractivity contribution >= 4 is 29.4 Å². The fourth-order valence-corrected chi connectivity index (χ4v) is 2.40. The third kappa shape index (κ3) is 3.23. The summed E-state index contributed by atoms with van der Waals surface area (Å²) in [5, 5.41) is 0. The number of rotatable bonds is 4. The first-order valence-corrected chi connectivity index (χ1v) is 7.34. The SMILES string of the molecule is CSc1ccc(C(=O)CN2C(=O)CCCC2=O)cc1. The van der Waals surface area contributed by atoms with E-state index in [2.05, 4.69) is 0 Å². The molecule has 0 bridgehead atoms. The van der Waals surface area contributed by atoms with Gasteiger partial charge >= 0.3 is 0 Å². The first kappa shape index (κ1) is 13.8. The van der Waals surface area contributed by atoms with Gasteiger partial charge in [-0.15, -0.1) is 11.8 Å². The zero-order valence-electron chi connectivity index (χ0n) is 10.7. The molecular weight excluding hydrogens is 262 g/mol. The number of thioether (sulfide) groups is 1. The Labute approximate surface area is 116 Å². The smallest absolute Gasteiger partial charge is 0.229 e. The van der Waals surface area contributed by atoms with Gasteiger partial charge in [0.1, 0.15) is 0 Å². The molecule has 0 radical (unpaired) electrons. The van der Waals surface area contributed by atoms with Gasteiger partial charge in [-0.1, -0.05) is 12.1 Å². The molecule has 1 aliphatic rings. The lowest BCUT2D eigenvalue weighted by Crippen LogP contribution is -2.43. The first-order chi connectivity index (χ1) is 9.11. The highest BCUT2D eigenvalue weighted by atomic mass is 32.2. The molecule has 0 unspecified atom stereocenters. The van der Waals surface area contributed by atoms with Crippen LogP contribution >= 0.6 is 11.8 Å². The predicted octanol–water partition coefficient (Wildman–Crippen LogP) is 2.13. The molecule has 2 amide bonds. The van der Waals surface area contributed by atoms with Crippen molar-refractivity contribution in [2.75, 3.05) is 12.8 Å². The summed E-state index contributed by atoms with van der Waals surface area (Å²) in [5.74, 6) is -0.688. The molecule has 1 fully saturated rings. The number of hydrogen-bond acceptors (Lipinski definition) is 4. The summed E-state index contributed by atoms with van der Waals surface area (Å²) in [5.41, 5.74) is 0.531. The summed E-state index contributed by atoms with van der Waals surface area (Å²) >= 11 is 1.60. The number of likely N-dealkylation sites (tertiary alicyclic amines) is 1. The highest BCUT2D eigenvalue weighted by Gasteiger charge is 2.27. The van der Waals surface area contributed by atoms with Gasteiger partial charge < -0.3 is 0 Å². The Kier molecular flexibility index (Phi) is 4.37. The van der Waals surface area contributed by atoms with Gasteiger partial charge in [-0.05, 0) is 24.8 Å². The molecule has 1 aromatic rings. The molecule has 0 N–H and O–H groups in total. The van der Waals surface area contributed by atoms with Crippen LogP contribution in [0, 0.1) is 0 Å². The van der Waals surface area contributed by atoms with Crippen LogP contribution in [0.1, 0.15) is 29.6 Å². The Morgan fingerprint density at radius 1 is 1.16 bits per heavy atom. The third-order valence-electron chi connectivity index (χ3n) is 3.10. The van der Waals surface area contributed by atoms with Crippen molar-refractivity contribution in [2.45, 2.75) is 24.2 Å². The quantitative estimate of drug-likeness (QED) is 0.480. The van der Waals surface area contributed by atoms with E-state index >= 15 is 0 Å². The van der Waals surface area contributed by atoms with Crippen LogP contribution in [0.5, 0.6) is 0 Å². The van der Waals surface area contributed by atoms with Crippen molar-refractivity contribution < 1.29 is 14.4 Å². The van der Waals surface area contributed by atoms with E-state index in [1.165, 1.54) is 0 Å². The minimum Gasteiger partial charge on any atom is -0.292 e. The molecule has 0 atom stereocenters. The Bertz CT molecular complexity index is 494. The number of Topliss-reactive ketones (excluding diaryl/α,β-unsaturated/α-hetero) is 1. The molecule has 1 saturated heterocycles. The molecule has 0 spiro atoms. The Morgan fingerprint density at radius 3 is 2.26 bits per heavy atom. The number of carbonyl (C=O) groups is 3. The van der Waals surface area contributed by atoms with Crippen molar-refractivity contribution in [1.29, 1.82) is 0 Å². The van der Waals surface area contributed by atoms with E-state index in [9.17, 15) is 14.4 Å². The Balaban J connectivity index is 2.07. The van der Waals surface area contributed by atoms with Crippen LogP contribution in [0.2, 0.25) is 0 Å². The third-order valence-corrected chi connectivity index (χ3v) is 3.84. The summed E-state index contributed by atoms with van der Waals surface area (Å²) in [4.78, 5) is 37.4. The first-order valence-electron chi connectivity index (χ1n) is 6.12. The lowest BCUT2D eigenvalue weighted by Gasteiger charge is -2.24. The lowest BCUT2D eigenvalue weighted by atomic mass is 10.1. The maximum absolute atomic E-state index is 12.1. The number of ketones is 1. The van der Waals surface area contributed by atoms with Crippen LogP contribution < -0.4 is 0 Å². The second-order valence-electron chi connectivity index (χ2n) is 4.38. The van der Waals surface area contributed by atoms with E-state index < -0.39 is 0 Å². The van der Waals surface area contributed by atoms with Crippen LogP contribution in [0.15, 0.2) is 29.2 Å². The molecule has 1 aromatic carbocycles. The van der Waals surface area contributed by atoms with E-state index in [4.69, 9.17) is 0 Å². The highest BCUT2D eigenvalue weighted by Crippen LogP contribution is 2.17. The molecule has 0 aliphatic carbocycles. The van der Waals surface area contributed by atoms with Crippen LogP contribution in [-0.4, -0.2) is 35.3 Å². The summed E-state index contributed by atoms with van der Waals surface area (Å²) < 4.78 is 0.